The maximum Gasteiger partial charge on any atom is 0.238 e. The zero-order chi connectivity index (χ0) is 14.5. The number of nitrogens with one attached hydrogen (secondary N) is 1. The lowest BCUT2D eigenvalue weighted by Gasteiger charge is -2.13. The van der Waals surface area contributed by atoms with Crippen LogP contribution in [0.4, 0.5) is 4.39 Å². The second kappa shape index (κ2) is 6.65. The molecule has 0 aliphatic carbocycles. The van der Waals surface area contributed by atoms with Crippen LogP contribution in [0.15, 0.2) is 24.3 Å². The number of sulfone groups is 1. The van der Waals surface area contributed by atoms with Gasteiger partial charge in [0.15, 0.2) is 9.84 Å². The molecule has 0 bridgehead atoms. The lowest BCUT2D eigenvalue weighted by atomic mass is 10.2. The Morgan fingerprint density at radius 1 is 1.32 bits per heavy atom. The number of amides is 1. The molecule has 19 heavy (non-hydrogen) atoms. The van der Waals surface area contributed by atoms with Crippen LogP contribution in [0.25, 0.3) is 0 Å². The minimum atomic E-state index is -3.59. The topological polar surface area (TPSA) is 63.2 Å². The van der Waals surface area contributed by atoms with Crippen molar-refractivity contribution in [2.24, 2.45) is 0 Å². The summed E-state index contributed by atoms with van der Waals surface area (Å²) in [7, 11) is -3.59. The number of hydrogen-bond donors (Lipinski definition) is 1. The van der Waals surface area contributed by atoms with Crippen LogP contribution in [0, 0.1) is 5.82 Å². The van der Waals surface area contributed by atoms with E-state index in [0.717, 1.165) is 6.42 Å². The van der Waals surface area contributed by atoms with Crippen LogP contribution in [-0.4, -0.2) is 26.1 Å². The highest BCUT2D eigenvalue weighted by Gasteiger charge is 2.27. The fourth-order valence-corrected chi connectivity index (χ4v) is 2.81. The average molecular weight is 287 g/mol. The molecule has 106 valence electrons. The summed E-state index contributed by atoms with van der Waals surface area (Å²) in [5.74, 6) is -1.19. The highest BCUT2D eigenvalue weighted by Crippen LogP contribution is 2.12. The van der Waals surface area contributed by atoms with Crippen molar-refractivity contribution in [3.05, 3.63) is 35.6 Å². The Balaban J connectivity index is 2.75. The average Bonchev–Trinajstić information content (AvgIpc) is 2.37. The largest absolute Gasteiger partial charge is 0.355 e. The molecule has 1 N–H and O–H groups in total. The normalized spacial score (nSPS) is 13.0. The van der Waals surface area contributed by atoms with Crippen molar-refractivity contribution in [3.63, 3.8) is 0 Å². The smallest absolute Gasteiger partial charge is 0.238 e. The Labute approximate surface area is 112 Å². The van der Waals surface area contributed by atoms with Crippen LogP contribution in [0.1, 0.15) is 25.8 Å². The van der Waals surface area contributed by atoms with Gasteiger partial charge in [-0.15, -0.1) is 0 Å². The van der Waals surface area contributed by atoms with Crippen LogP contribution in [0.3, 0.4) is 0 Å². The lowest BCUT2D eigenvalue weighted by molar-refractivity contribution is -0.120. The van der Waals surface area contributed by atoms with E-state index in [0.29, 0.717) is 12.1 Å². The summed E-state index contributed by atoms with van der Waals surface area (Å²) in [5.41, 5.74) is 0.469. The molecule has 0 aliphatic rings. The third-order valence-electron chi connectivity index (χ3n) is 2.74. The number of halogens is 1. The fourth-order valence-electron chi connectivity index (χ4n) is 1.49. The van der Waals surface area contributed by atoms with E-state index in [4.69, 9.17) is 0 Å². The van der Waals surface area contributed by atoms with Gasteiger partial charge in [0.2, 0.25) is 5.91 Å². The minimum absolute atomic E-state index is 0.270. The first-order chi connectivity index (χ1) is 8.86. The number of hydrogen-bond acceptors (Lipinski definition) is 3. The molecule has 1 atom stereocenters. The second-order valence-electron chi connectivity index (χ2n) is 4.37. The van der Waals surface area contributed by atoms with E-state index in [1.807, 2.05) is 6.92 Å². The predicted octanol–water partition coefficient (Wildman–Crippen LogP) is 1.66. The van der Waals surface area contributed by atoms with Gasteiger partial charge in [0, 0.05) is 6.54 Å². The predicted molar refractivity (Wildman–Crippen MR) is 71.8 cm³/mol. The molecule has 0 saturated carbocycles. The third-order valence-corrected chi connectivity index (χ3v) is 4.77. The summed E-state index contributed by atoms with van der Waals surface area (Å²) in [6, 6.07) is 5.21. The van der Waals surface area contributed by atoms with E-state index in [1.165, 1.54) is 31.2 Å². The van der Waals surface area contributed by atoms with Crippen LogP contribution in [0.2, 0.25) is 0 Å². The zero-order valence-electron chi connectivity index (χ0n) is 11.0. The Morgan fingerprint density at radius 2 is 1.89 bits per heavy atom. The monoisotopic (exact) mass is 287 g/mol. The first-order valence-electron chi connectivity index (χ1n) is 6.10. The number of carbonyl (C=O) groups is 1. The SMILES string of the molecule is CCCNC(=O)C(C)S(=O)(=O)Cc1ccc(F)cc1. The van der Waals surface area contributed by atoms with Gasteiger partial charge in [-0.3, -0.25) is 4.79 Å². The molecular formula is C13H18FNO3S. The van der Waals surface area contributed by atoms with Gasteiger partial charge in [-0.05, 0) is 31.0 Å². The van der Waals surface area contributed by atoms with Crippen LogP contribution in [-0.2, 0) is 20.4 Å². The van der Waals surface area contributed by atoms with Gasteiger partial charge in [-0.1, -0.05) is 19.1 Å². The summed E-state index contributed by atoms with van der Waals surface area (Å²) in [6.45, 7) is 3.71. The van der Waals surface area contributed by atoms with Gasteiger partial charge < -0.3 is 5.32 Å². The molecule has 1 aromatic carbocycles. The van der Waals surface area contributed by atoms with Gasteiger partial charge in [-0.25, -0.2) is 12.8 Å². The van der Waals surface area contributed by atoms with Crippen LogP contribution < -0.4 is 5.32 Å². The summed E-state index contributed by atoms with van der Waals surface area (Å²) in [6.07, 6.45) is 0.746. The van der Waals surface area contributed by atoms with Gasteiger partial charge in [-0.2, -0.15) is 0 Å². The molecule has 0 aromatic heterocycles. The maximum atomic E-state index is 12.7. The lowest BCUT2D eigenvalue weighted by Crippen LogP contribution is -2.38. The first-order valence-corrected chi connectivity index (χ1v) is 7.82. The molecule has 0 aliphatic heterocycles. The molecule has 0 radical (unpaired) electrons. The molecule has 1 aromatic rings. The van der Waals surface area contributed by atoms with Crippen molar-refractivity contribution < 1.29 is 17.6 Å². The molecule has 1 rings (SSSR count). The maximum absolute atomic E-state index is 12.7. The van der Waals surface area contributed by atoms with Gasteiger partial charge in [0.1, 0.15) is 11.1 Å². The number of carbonyl (C=O) groups excluding carboxylic acids is 1. The van der Waals surface area contributed by atoms with E-state index >= 15 is 0 Å². The molecule has 0 saturated heterocycles. The first kappa shape index (κ1) is 15.6. The summed E-state index contributed by atoms with van der Waals surface area (Å²) >= 11 is 0. The number of rotatable bonds is 6. The van der Waals surface area contributed by atoms with Crippen molar-refractivity contribution in [2.45, 2.75) is 31.3 Å². The Kier molecular flexibility index (Phi) is 5.47. The molecule has 1 unspecified atom stereocenters. The van der Waals surface area contributed by atoms with E-state index < -0.39 is 26.8 Å². The quantitative estimate of drug-likeness (QED) is 0.865. The summed E-state index contributed by atoms with van der Waals surface area (Å²) in [4.78, 5) is 11.6. The van der Waals surface area contributed by atoms with E-state index in [9.17, 15) is 17.6 Å². The van der Waals surface area contributed by atoms with Gasteiger partial charge in [0.25, 0.3) is 0 Å². The van der Waals surface area contributed by atoms with Crippen LogP contribution in [0.5, 0.6) is 0 Å². The molecule has 0 fully saturated rings. The van der Waals surface area contributed by atoms with E-state index in [1.54, 1.807) is 0 Å². The van der Waals surface area contributed by atoms with Crippen molar-refractivity contribution in [2.75, 3.05) is 6.54 Å². The van der Waals surface area contributed by atoms with E-state index in [2.05, 4.69) is 5.32 Å². The standard InChI is InChI=1S/C13H18FNO3S/c1-3-8-15-13(16)10(2)19(17,18)9-11-4-6-12(14)7-5-11/h4-7,10H,3,8-9H2,1-2H3,(H,15,16). The third kappa shape index (κ3) is 4.63. The van der Waals surface area contributed by atoms with Gasteiger partial charge >= 0.3 is 0 Å². The molecule has 1 amide bonds. The summed E-state index contributed by atoms with van der Waals surface area (Å²) < 4.78 is 36.8. The molecule has 0 spiro atoms. The molecule has 4 nitrogen and oxygen atoms in total. The van der Waals surface area contributed by atoms with Crippen molar-refractivity contribution in [1.29, 1.82) is 0 Å². The van der Waals surface area contributed by atoms with Crippen molar-refractivity contribution >= 4 is 15.7 Å². The Hall–Kier alpha value is -1.43. The fraction of sp³-hybridized carbons (Fsp3) is 0.462. The molecular weight excluding hydrogens is 269 g/mol. The van der Waals surface area contributed by atoms with Crippen molar-refractivity contribution in [3.8, 4) is 0 Å². The number of benzene rings is 1. The van der Waals surface area contributed by atoms with Gasteiger partial charge in [0.05, 0.1) is 5.75 Å². The van der Waals surface area contributed by atoms with E-state index in [-0.39, 0.29) is 5.75 Å². The van der Waals surface area contributed by atoms with Crippen molar-refractivity contribution in [1.82, 2.24) is 5.32 Å². The Morgan fingerprint density at radius 3 is 2.42 bits per heavy atom. The molecule has 6 heteroatoms. The Bertz CT molecular complexity index is 525. The highest BCUT2D eigenvalue weighted by atomic mass is 32.2. The molecule has 0 heterocycles. The summed E-state index contributed by atoms with van der Waals surface area (Å²) in [5, 5.41) is 1.45. The highest BCUT2D eigenvalue weighted by molar-refractivity contribution is 7.92. The minimum Gasteiger partial charge on any atom is -0.355 e. The second-order valence-corrected chi connectivity index (χ2v) is 6.69. The van der Waals surface area contributed by atoms with Crippen LogP contribution >= 0.6 is 0 Å². The zero-order valence-corrected chi connectivity index (χ0v) is 11.8.